The fourth-order valence-electron chi connectivity index (χ4n) is 2.50. The molecule has 6 nitrogen and oxygen atoms in total. The van der Waals surface area contributed by atoms with Crippen LogP contribution in [0.2, 0.25) is 0 Å². The maximum atomic E-state index is 11.3. The summed E-state index contributed by atoms with van der Waals surface area (Å²) in [5.74, 6) is -0.0840. The number of amides is 1. The number of rotatable bonds is 1. The molecule has 0 spiro atoms. The van der Waals surface area contributed by atoms with Gasteiger partial charge in [0.15, 0.2) is 0 Å². The molecule has 3 rings (SSSR count). The first-order chi connectivity index (χ1) is 10.6. The van der Waals surface area contributed by atoms with Crippen LogP contribution < -0.4 is 10.2 Å². The number of carbonyl (C=O) groups excluding carboxylic acids is 1. The van der Waals surface area contributed by atoms with Crippen molar-refractivity contribution in [1.82, 2.24) is 5.32 Å². The van der Waals surface area contributed by atoms with Crippen LogP contribution in [-0.4, -0.2) is 44.6 Å². The van der Waals surface area contributed by atoms with Crippen LogP contribution in [0.15, 0.2) is 22.8 Å². The molecular weight excluding hydrogens is 302 g/mol. The Labute approximate surface area is 135 Å². The number of nitrogens with one attached hydrogen (secondary N) is 2. The maximum absolute atomic E-state index is 11.3. The lowest BCUT2D eigenvalue weighted by atomic mass is 9.85. The molecule has 1 aromatic heterocycles. The summed E-state index contributed by atoms with van der Waals surface area (Å²) in [5, 5.41) is 11.1. The molecule has 0 radical (unpaired) electrons. The number of nitrogens with zero attached hydrogens (tertiary/aromatic N) is 1. The van der Waals surface area contributed by atoms with Crippen molar-refractivity contribution in [3.05, 3.63) is 24.2 Å². The van der Waals surface area contributed by atoms with Gasteiger partial charge in [0, 0.05) is 12.3 Å². The maximum Gasteiger partial charge on any atom is 0.219 e. The van der Waals surface area contributed by atoms with Gasteiger partial charge in [0.1, 0.15) is 18.8 Å². The van der Waals surface area contributed by atoms with Gasteiger partial charge >= 0.3 is 0 Å². The van der Waals surface area contributed by atoms with Gasteiger partial charge in [-0.05, 0) is 12.1 Å². The van der Waals surface area contributed by atoms with Crippen molar-refractivity contribution in [2.24, 2.45) is 5.92 Å². The number of hydrogen-bond donors (Lipinski definition) is 2. The third-order valence-electron chi connectivity index (χ3n) is 3.87. The average Bonchev–Trinajstić information content (AvgIpc) is 3.02. The zero-order valence-corrected chi connectivity index (χ0v) is 13.4. The van der Waals surface area contributed by atoms with Crippen LogP contribution in [0.4, 0.5) is 0 Å². The Morgan fingerprint density at radius 2 is 2.18 bits per heavy atom. The lowest BCUT2D eigenvalue weighted by Crippen LogP contribution is -3.11. The van der Waals surface area contributed by atoms with E-state index in [1.165, 1.54) is 19.4 Å². The van der Waals surface area contributed by atoms with Crippen molar-refractivity contribution >= 4 is 18.5 Å². The van der Waals surface area contributed by atoms with E-state index in [0.717, 1.165) is 13.2 Å². The number of piperidine rings is 1. The highest BCUT2D eigenvalue weighted by molar-refractivity contribution is 7.59. The van der Waals surface area contributed by atoms with E-state index in [1.54, 1.807) is 17.0 Å². The van der Waals surface area contributed by atoms with Gasteiger partial charge in [-0.15, -0.1) is 0 Å². The molecule has 2 aliphatic heterocycles. The van der Waals surface area contributed by atoms with Crippen molar-refractivity contribution < 1.29 is 18.8 Å². The standard InChI is InChI=1S/C10H10N2O2S.C5H11NO/c11-5-7-6(8-2-1-3-14-8)4-9(13)12-10(7)15;1-6-2-4-7-5-3-6/h1-3,6-7,10,15H,4H2,(H,12,13);2-5H2,1H3. The molecule has 1 amide bonds. The molecule has 22 heavy (non-hydrogen) atoms. The molecule has 0 aromatic carbocycles. The van der Waals surface area contributed by atoms with E-state index >= 15 is 0 Å². The van der Waals surface area contributed by atoms with Gasteiger partial charge in [-0.25, -0.2) is 0 Å². The van der Waals surface area contributed by atoms with Crippen molar-refractivity contribution in [1.29, 1.82) is 5.26 Å². The number of nitriles is 1. The Morgan fingerprint density at radius 3 is 2.68 bits per heavy atom. The fraction of sp³-hybridized carbons (Fsp3) is 0.600. The summed E-state index contributed by atoms with van der Waals surface area (Å²) in [6.45, 7) is 4.26. The molecule has 0 saturated carbocycles. The van der Waals surface area contributed by atoms with E-state index in [1.807, 2.05) is 0 Å². The zero-order valence-electron chi connectivity index (χ0n) is 12.6. The van der Waals surface area contributed by atoms with Crippen molar-refractivity contribution in [3.63, 3.8) is 0 Å². The summed E-state index contributed by atoms with van der Waals surface area (Å²) in [4.78, 5) is 12.9. The predicted molar refractivity (Wildman–Crippen MR) is 81.9 cm³/mol. The summed E-state index contributed by atoms with van der Waals surface area (Å²) in [6, 6.07) is 5.65. The van der Waals surface area contributed by atoms with E-state index in [-0.39, 0.29) is 18.2 Å². The Morgan fingerprint density at radius 1 is 1.45 bits per heavy atom. The Balaban J connectivity index is 0.000000211. The van der Waals surface area contributed by atoms with E-state index in [0.29, 0.717) is 5.76 Å². The predicted octanol–water partition coefficient (Wildman–Crippen LogP) is -0.573. The Bertz CT molecular complexity index is 509. The first-order valence-corrected chi connectivity index (χ1v) is 7.86. The van der Waals surface area contributed by atoms with Gasteiger partial charge in [0.25, 0.3) is 0 Å². The van der Waals surface area contributed by atoms with Crippen LogP contribution in [0.1, 0.15) is 18.1 Å². The summed E-state index contributed by atoms with van der Waals surface area (Å²) >= 11 is 5.04. The van der Waals surface area contributed by atoms with Crippen molar-refractivity contribution in [3.8, 4) is 6.07 Å². The van der Waals surface area contributed by atoms with E-state index < -0.39 is 11.3 Å². The van der Waals surface area contributed by atoms with Gasteiger partial charge in [-0.2, -0.15) is 5.26 Å². The lowest BCUT2D eigenvalue weighted by Gasteiger charge is -2.37. The number of likely N-dealkylation sites (N-methyl/N-ethyl adjacent to an activating group) is 1. The van der Waals surface area contributed by atoms with Crippen molar-refractivity contribution in [2.45, 2.75) is 17.7 Å². The van der Waals surface area contributed by atoms with Gasteiger partial charge < -0.3 is 32.0 Å². The van der Waals surface area contributed by atoms with Gasteiger partial charge in [0.05, 0.1) is 38.5 Å². The molecule has 120 valence electrons. The molecule has 0 aliphatic carbocycles. The number of hydrogen-bond acceptors (Lipinski definition) is 5. The quantitative estimate of drug-likeness (QED) is 0.677. The lowest BCUT2D eigenvalue weighted by molar-refractivity contribution is -0.888. The molecule has 2 N–H and O–H groups in total. The molecule has 0 bridgehead atoms. The third kappa shape index (κ3) is 4.50. The molecule has 2 saturated heterocycles. The summed E-state index contributed by atoms with van der Waals surface area (Å²) in [7, 11) is 2.20. The molecule has 3 unspecified atom stereocenters. The molecule has 3 heterocycles. The second-order valence-electron chi connectivity index (χ2n) is 5.54. The average molecular weight is 323 g/mol. The highest BCUT2D eigenvalue weighted by Crippen LogP contribution is 2.33. The van der Waals surface area contributed by atoms with Crippen molar-refractivity contribution in [2.75, 3.05) is 33.4 Å². The van der Waals surface area contributed by atoms with E-state index in [9.17, 15) is 4.79 Å². The van der Waals surface area contributed by atoms with E-state index in [2.05, 4.69) is 18.4 Å². The minimum Gasteiger partial charge on any atom is -0.767 e. The fourth-order valence-corrected chi connectivity index (χ4v) is 2.88. The van der Waals surface area contributed by atoms with Crippen LogP contribution in [0, 0.1) is 17.2 Å². The first kappa shape index (κ1) is 16.9. The van der Waals surface area contributed by atoms with Gasteiger partial charge in [-0.1, -0.05) is 5.37 Å². The topological polar surface area (TPSA) is 79.7 Å². The largest absolute Gasteiger partial charge is 0.767 e. The monoisotopic (exact) mass is 323 g/mol. The summed E-state index contributed by atoms with van der Waals surface area (Å²) in [6.07, 6.45) is 1.80. The minimum atomic E-state index is -0.536. The highest BCUT2D eigenvalue weighted by Gasteiger charge is 2.33. The number of quaternary nitrogens is 1. The molecule has 1 aromatic rings. The Kier molecular flexibility index (Phi) is 6.31. The second-order valence-corrected chi connectivity index (χ2v) is 6.05. The third-order valence-corrected chi connectivity index (χ3v) is 4.28. The van der Waals surface area contributed by atoms with Gasteiger partial charge in [0.2, 0.25) is 5.91 Å². The molecule has 7 heteroatoms. The minimum absolute atomic E-state index is 0.122. The molecular formula is C15H21N3O3S. The SMILES string of the molecule is C[NH+]1CCOCC1.N#CC1C([S-])NC(=O)CC1c1ccco1. The van der Waals surface area contributed by atoms with Crippen LogP contribution in [0.25, 0.3) is 0 Å². The van der Waals surface area contributed by atoms with Crippen LogP contribution in [-0.2, 0) is 22.2 Å². The smallest absolute Gasteiger partial charge is 0.219 e. The number of furan rings is 1. The molecule has 3 atom stereocenters. The molecule has 2 aliphatic rings. The second kappa shape index (κ2) is 8.22. The Hall–Kier alpha value is -1.49. The van der Waals surface area contributed by atoms with Crippen LogP contribution in [0.5, 0.6) is 0 Å². The molecule has 2 fully saturated rings. The summed E-state index contributed by atoms with van der Waals surface area (Å²) < 4.78 is 10.3. The van der Waals surface area contributed by atoms with Crippen LogP contribution >= 0.6 is 0 Å². The first-order valence-electron chi connectivity index (χ1n) is 7.39. The zero-order chi connectivity index (χ0) is 15.9. The van der Waals surface area contributed by atoms with Gasteiger partial charge in [-0.3, -0.25) is 4.79 Å². The van der Waals surface area contributed by atoms with E-state index in [4.69, 9.17) is 27.0 Å². The normalized spacial score (nSPS) is 29.0. The number of carbonyl (C=O) groups is 1. The highest BCUT2D eigenvalue weighted by atomic mass is 32.1. The summed E-state index contributed by atoms with van der Waals surface area (Å²) in [5.41, 5.74) is 0. The number of morpholine rings is 1. The van der Waals surface area contributed by atoms with Crippen LogP contribution in [0.3, 0.4) is 0 Å². The number of ether oxygens (including phenoxy) is 1.